The first-order valence-electron chi connectivity index (χ1n) is 6.92. The molecule has 0 heterocycles. The molecule has 2 N–H and O–H groups in total. The largest absolute Gasteiger partial charge is 0.385 e. The van der Waals surface area contributed by atoms with Crippen LogP contribution in [0, 0.1) is 0 Å². The Balaban J connectivity index is 2.07. The number of carbonyl (C=O) groups excluding carboxylic acids is 1. The lowest BCUT2D eigenvalue weighted by Gasteiger charge is -2.25. The van der Waals surface area contributed by atoms with Gasteiger partial charge in [-0.2, -0.15) is 0 Å². The van der Waals surface area contributed by atoms with Crippen LogP contribution in [-0.4, -0.2) is 11.0 Å². The van der Waals surface area contributed by atoms with Gasteiger partial charge in [0.15, 0.2) is 0 Å². The van der Waals surface area contributed by atoms with Crippen molar-refractivity contribution >= 4 is 23.2 Å². The van der Waals surface area contributed by atoms with Crippen LogP contribution in [0.15, 0.2) is 66.7 Å². The van der Waals surface area contributed by atoms with E-state index in [1.54, 1.807) is 43.3 Å². The molecule has 1 atom stereocenters. The maximum absolute atomic E-state index is 12.2. The van der Waals surface area contributed by atoms with E-state index in [2.05, 4.69) is 11.9 Å². The summed E-state index contributed by atoms with van der Waals surface area (Å²) in [7, 11) is 0. The summed E-state index contributed by atoms with van der Waals surface area (Å²) in [5, 5.41) is 13.8. The van der Waals surface area contributed by atoms with Crippen molar-refractivity contribution in [3.63, 3.8) is 0 Å². The summed E-state index contributed by atoms with van der Waals surface area (Å²) < 4.78 is 0. The molecule has 2 aromatic carbocycles. The number of amides is 1. The maximum Gasteiger partial charge on any atom is 0.251 e. The van der Waals surface area contributed by atoms with Crippen molar-refractivity contribution in [3.05, 3.63) is 77.3 Å². The van der Waals surface area contributed by atoms with E-state index < -0.39 is 5.60 Å². The molecule has 0 fully saturated rings. The van der Waals surface area contributed by atoms with Crippen molar-refractivity contribution in [2.45, 2.75) is 18.9 Å². The molecule has 0 radical (unpaired) electrons. The molecule has 0 saturated heterocycles. The molecule has 0 aliphatic rings. The highest BCUT2D eigenvalue weighted by Crippen LogP contribution is 2.32. The van der Waals surface area contributed by atoms with Gasteiger partial charge in [0.25, 0.3) is 5.91 Å². The van der Waals surface area contributed by atoms with E-state index in [0.29, 0.717) is 16.3 Å². The fraction of sp³-hybridized carbons (Fsp3) is 0.167. The molecular weight excluding hydrogens is 298 g/mol. The molecule has 0 spiro atoms. The number of hydrogen-bond donors (Lipinski definition) is 2. The molecule has 2 rings (SSSR count). The van der Waals surface area contributed by atoms with Crippen molar-refractivity contribution in [2.75, 3.05) is 5.32 Å². The van der Waals surface area contributed by atoms with Crippen molar-refractivity contribution in [3.8, 4) is 0 Å². The van der Waals surface area contributed by atoms with Crippen LogP contribution in [0.4, 0.5) is 5.69 Å². The lowest BCUT2D eigenvalue weighted by Crippen LogP contribution is -2.26. The van der Waals surface area contributed by atoms with Crippen LogP contribution >= 0.6 is 11.6 Å². The average molecular weight is 316 g/mol. The van der Waals surface area contributed by atoms with Gasteiger partial charge in [-0.25, -0.2) is 0 Å². The van der Waals surface area contributed by atoms with Crippen molar-refractivity contribution in [2.24, 2.45) is 0 Å². The monoisotopic (exact) mass is 315 g/mol. The zero-order valence-corrected chi connectivity index (χ0v) is 13.1. The van der Waals surface area contributed by atoms with Gasteiger partial charge in [0, 0.05) is 28.3 Å². The van der Waals surface area contributed by atoms with Crippen molar-refractivity contribution in [1.82, 2.24) is 0 Å². The molecule has 0 aromatic heterocycles. The van der Waals surface area contributed by atoms with Gasteiger partial charge >= 0.3 is 0 Å². The Morgan fingerprint density at radius 2 is 1.77 bits per heavy atom. The molecule has 0 aliphatic carbocycles. The molecule has 0 aliphatic heterocycles. The van der Waals surface area contributed by atoms with Crippen molar-refractivity contribution in [1.29, 1.82) is 0 Å². The number of aliphatic hydroxyl groups is 1. The predicted molar refractivity (Wildman–Crippen MR) is 89.9 cm³/mol. The second-order valence-electron chi connectivity index (χ2n) is 5.35. The topological polar surface area (TPSA) is 49.3 Å². The standard InChI is InChI=1S/C18H18ClNO2/c1-13(17(21)20-14-8-4-3-5-9-14)12-18(2,22)15-10-6-7-11-16(15)19/h3-11,22H,1,12H2,2H3,(H,20,21)/t18-/m1/s1. The fourth-order valence-electron chi connectivity index (χ4n) is 2.23. The van der Waals surface area contributed by atoms with Gasteiger partial charge in [0.1, 0.15) is 0 Å². The molecule has 0 unspecified atom stereocenters. The lowest BCUT2D eigenvalue weighted by atomic mass is 9.89. The first-order valence-corrected chi connectivity index (χ1v) is 7.29. The SMILES string of the molecule is C=C(C[C@@](C)(O)c1ccccc1Cl)C(=O)Nc1ccccc1. The van der Waals surface area contributed by atoms with E-state index >= 15 is 0 Å². The number of anilines is 1. The van der Waals surface area contributed by atoms with Crippen LogP contribution in [-0.2, 0) is 10.4 Å². The molecule has 114 valence electrons. The fourth-order valence-corrected chi connectivity index (χ4v) is 2.57. The Hall–Kier alpha value is -2.10. The Kier molecular flexibility index (Phi) is 5.01. The van der Waals surface area contributed by atoms with Gasteiger partial charge in [-0.3, -0.25) is 4.79 Å². The van der Waals surface area contributed by atoms with E-state index in [0.717, 1.165) is 0 Å². The van der Waals surface area contributed by atoms with Crippen LogP contribution in [0.5, 0.6) is 0 Å². The van der Waals surface area contributed by atoms with Crippen LogP contribution in [0.1, 0.15) is 18.9 Å². The minimum Gasteiger partial charge on any atom is -0.385 e. The Bertz CT molecular complexity index is 680. The summed E-state index contributed by atoms with van der Waals surface area (Å²) in [5.41, 5.74) is 0.286. The molecule has 4 heteroatoms. The zero-order valence-electron chi connectivity index (χ0n) is 12.3. The minimum atomic E-state index is -1.26. The summed E-state index contributed by atoms with van der Waals surface area (Å²) in [5.74, 6) is -0.321. The normalized spacial score (nSPS) is 13.2. The number of nitrogens with one attached hydrogen (secondary N) is 1. The molecule has 2 aromatic rings. The highest BCUT2D eigenvalue weighted by molar-refractivity contribution is 6.31. The van der Waals surface area contributed by atoms with E-state index in [1.807, 2.05) is 18.2 Å². The quantitative estimate of drug-likeness (QED) is 0.815. The van der Waals surface area contributed by atoms with E-state index in [-0.39, 0.29) is 17.9 Å². The number of hydrogen-bond acceptors (Lipinski definition) is 2. The number of halogens is 1. The second-order valence-corrected chi connectivity index (χ2v) is 5.76. The third kappa shape index (κ3) is 3.97. The molecule has 0 saturated carbocycles. The van der Waals surface area contributed by atoms with Gasteiger partial charge in [-0.1, -0.05) is 54.6 Å². The Labute approximate surface area is 135 Å². The Morgan fingerprint density at radius 3 is 2.41 bits per heavy atom. The summed E-state index contributed by atoms with van der Waals surface area (Å²) in [6.07, 6.45) is 0.0927. The minimum absolute atomic E-state index is 0.0927. The van der Waals surface area contributed by atoms with Gasteiger partial charge in [-0.05, 0) is 25.1 Å². The van der Waals surface area contributed by atoms with Crippen molar-refractivity contribution < 1.29 is 9.90 Å². The third-order valence-electron chi connectivity index (χ3n) is 3.36. The van der Waals surface area contributed by atoms with Crippen LogP contribution in [0.2, 0.25) is 5.02 Å². The number of rotatable bonds is 5. The smallest absolute Gasteiger partial charge is 0.251 e. The molecule has 1 amide bonds. The van der Waals surface area contributed by atoms with Gasteiger partial charge in [0.05, 0.1) is 5.60 Å². The number of para-hydroxylation sites is 1. The van der Waals surface area contributed by atoms with Crippen LogP contribution in [0.25, 0.3) is 0 Å². The highest BCUT2D eigenvalue weighted by atomic mass is 35.5. The maximum atomic E-state index is 12.2. The summed E-state index contributed by atoms with van der Waals surface area (Å²) in [6, 6.07) is 16.1. The van der Waals surface area contributed by atoms with E-state index in [9.17, 15) is 9.90 Å². The Morgan fingerprint density at radius 1 is 1.18 bits per heavy atom. The van der Waals surface area contributed by atoms with Gasteiger partial charge in [-0.15, -0.1) is 0 Å². The number of benzene rings is 2. The summed E-state index contributed by atoms with van der Waals surface area (Å²) in [4.78, 5) is 12.2. The van der Waals surface area contributed by atoms with Gasteiger partial charge in [0.2, 0.25) is 0 Å². The molecule has 3 nitrogen and oxygen atoms in total. The first kappa shape index (κ1) is 16.3. The summed E-state index contributed by atoms with van der Waals surface area (Å²) >= 11 is 6.11. The van der Waals surface area contributed by atoms with E-state index in [4.69, 9.17) is 11.6 Å². The highest BCUT2D eigenvalue weighted by Gasteiger charge is 2.28. The second kappa shape index (κ2) is 6.77. The average Bonchev–Trinajstić information content (AvgIpc) is 2.48. The molecule has 0 bridgehead atoms. The first-order chi connectivity index (χ1) is 10.4. The zero-order chi connectivity index (χ0) is 16.2. The third-order valence-corrected chi connectivity index (χ3v) is 3.69. The molecule has 22 heavy (non-hydrogen) atoms. The lowest BCUT2D eigenvalue weighted by molar-refractivity contribution is -0.113. The van der Waals surface area contributed by atoms with Crippen LogP contribution < -0.4 is 5.32 Å². The number of carbonyl (C=O) groups is 1. The summed E-state index contributed by atoms with van der Waals surface area (Å²) in [6.45, 7) is 5.40. The van der Waals surface area contributed by atoms with E-state index in [1.165, 1.54) is 0 Å². The van der Waals surface area contributed by atoms with Crippen LogP contribution in [0.3, 0.4) is 0 Å². The predicted octanol–water partition coefficient (Wildman–Crippen LogP) is 4.13. The molecular formula is C18H18ClNO2. The van der Waals surface area contributed by atoms with Gasteiger partial charge < -0.3 is 10.4 Å².